The fourth-order valence-electron chi connectivity index (χ4n) is 7.14. The summed E-state index contributed by atoms with van der Waals surface area (Å²) in [5, 5.41) is 6.59. The highest BCUT2D eigenvalue weighted by Gasteiger charge is 2.21. The van der Waals surface area contributed by atoms with Crippen LogP contribution in [0.5, 0.6) is 0 Å². The molecule has 0 saturated carbocycles. The Kier molecular flexibility index (Phi) is 6.78. The predicted octanol–water partition coefficient (Wildman–Crippen LogP) is 12.4. The van der Waals surface area contributed by atoms with E-state index >= 15 is 0 Å². The van der Waals surface area contributed by atoms with Crippen molar-refractivity contribution in [2.75, 3.05) is 0 Å². The van der Waals surface area contributed by atoms with Crippen molar-refractivity contribution in [1.82, 2.24) is 15.0 Å². The Balaban J connectivity index is 1.21. The van der Waals surface area contributed by atoms with E-state index in [4.69, 9.17) is 19.4 Å². The minimum Gasteiger partial charge on any atom is -0.455 e. The smallest absolute Gasteiger partial charge is 0.164 e. The van der Waals surface area contributed by atoms with E-state index in [1.807, 2.05) is 30.3 Å². The molecule has 0 saturated heterocycles. The van der Waals surface area contributed by atoms with Crippen LogP contribution in [0, 0.1) is 0 Å². The lowest BCUT2D eigenvalue weighted by molar-refractivity contribution is 0.670. The Morgan fingerprint density at radius 2 is 0.863 bits per heavy atom. The zero-order valence-corrected chi connectivity index (χ0v) is 27.5. The van der Waals surface area contributed by atoms with Gasteiger partial charge in [-0.2, -0.15) is 0 Å². The van der Waals surface area contributed by atoms with Gasteiger partial charge in [-0.05, 0) is 74.6 Å². The van der Waals surface area contributed by atoms with Crippen molar-refractivity contribution in [2.24, 2.45) is 0 Å². The second-order valence-electron chi connectivity index (χ2n) is 12.8. The Morgan fingerprint density at radius 3 is 1.61 bits per heavy atom. The summed E-state index contributed by atoms with van der Waals surface area (Å²) in [6.07, 6.45) is 0. The first kappa shape index (κ1) is 29.0. The van der Waals surface area contributed by atoms with Gasteiger partial charge in [0.25, 0.3) is 0 Å². The zero-order valence-electron chi connectivity index (χ0n) is 27.5. The van der Waals surface area contributed by atoms with E-state index in [1.54, 1.807) is 0 Å². The van der Waals surface area contributed by atoms with Crippen LogP contribution in [0.4, 0.5) is 0 Å². The molecular formula is C47H29N3O. The average molecular weight is 652 g/mol. The van der Waals surface area contributed by atoms with Gasteiger partial charge in [-0.3, -0.25) is 0 Å². The monoisotopic (exact) mass is 651 g/mol. The molecule has 0 aliphatic rings. The van der Waals surface area contributed by atoms with E-state index in [0.29, 0.717) is 17.5 Å². The van der Waals surface area contributed by atoms with Gasteiger partial charge in [0.15, 0.2) is 17.5 Å². The number of nitrogens with zero attached hydrogens (tertiary/aromatic N) is 3. The first-order chi connectivity index (χ1) is 25.2. The zero-order chi connectivity index (χ0) is 33.7. The average Bonchev–Trinajstić information content (AvgIpc) is 3.60. The number of aromatic nitrogens is 3. The van der Waals surface area contributed by atoms with Crippen molar-refractivity contribution in [3.8, 4) is 56.4 Å². The van der Waals surface area contributed by atoms with Crippen LogP contribution in [-0.4, -0.2) is 15.0 Å². The molecule has 0 fully saturated rings. The molecule has 0 aliphatic carbocycles. The summed E-state index contributed by atoms with van der Waals surface area (Å²) in [5.74, 6) is 1.83. The number of fused-ring (bicyclic) bond motifs is 5. The summed E-state index contributed by atoms with van der Waals surface area (Å²) in [4.78, 5) is 15.6. The highest BCUT2D eigenvalue weighted by Crippen LogP contribution is 2.41. The normalized spacial score (nSPS) is 11.5. The Morgan fingerprint density at radius 1 is 0.333 bits per heavy atom. The van der Waals surface area contributed by atoms with E-state index in [0.717, 1.165) is 65.9 Å². The standard InChI is InChI=1S/C47H29N3O/c1-3-11-30(12-4-1)35-22-19-32-21-24-37(29-38(32)28-35)46-48-45(36-23-20-31-13-7-8-16-34(31)27-36)49-47(50-46)41-26-25-39(33-14-5-2-6-15-33)44-43(41)40-17-9-10-18-42(40)51-44/h1-29H. The summed E-state index contributed by atoms with van der Waals surface area (Å²) in [6.45, 7) is 0. The Labute approximate surface area is 294 Å². The van der Waals surface area contributed by atoms with Gasteiger partial charge >= 0.3 is 0 Å². The summed E-state index contributed by atoms with van der Waals surface area (Å²) in [6, 6.07) is 61.1. The van der Waals surface area contributed by atoms with Gasteiger partial charge in [0.05, 0.1) is 0 Å². The van der Waals surface area contributed by atoms with Crippen molar-refractivity contribution in [3.63, 3.8) is 0 Å². The number of para-hydroxylation sites is 1. The quantitative estimate of drug-likeness (QED) is 0.186. The van der Waals surface area contributed by atoms with Crippen LogP contribution >= 0.6 is 0 Å². The van der Waals surface area contributed by atoms with E-state index in [2.05, 4.69) is 146 Å². The van der Waals surface area contributed by atoms with Crippen LogP contribution in [0.25, 0.3) is 99.9 Å². The SMILES string of the molecule is c1ccc(-c2ccc3ccc(-c4nc(-c5ccc6ccccc6c5)nc(-c5ccc(-c6ccccc6)c6oc7ccccc7c56)n4)cc3c2)cc1. The molecule has 10 rings (SSSR count). The molecule has 4 nitrogen and oxygen atoms in total. The minimum absolute atomic E-state index is 0.595. The third kappa shape index (κ3) is 5.13. The van der Waals surface area contributed by atoms with Crippen molar-refractivity contribution >= 4 is 43.5 Å². The van der Waals surface area contributed by atoms with Crippen molar-refractivity contribution in [2.45, 2.75) is 0 Å². The van der Waals surface area contributed by atoms with Gasteiger partial charge in [0.1, 0.15) is 11.2 Å². The topological polar surface area (TPSA) is 51.8 Å². The first-order valence-corrected chi connectivity index (χ1v) is 17.1. The lowest BCUT2D eigenvalue weighted by atomic mass is 9.98. The van der Waals surface area contributed by atoms with E-state index in [-0.39, 0.29) is 0 Å². The van der Waals surface area contributed by atoms with Crippen molar-refractivity contribution in [1.29, 1.82) is 0 Å². The van der Waals surface area contributed by atoms with Gasteiger partial charge in [-0.25, -0.2) is 15.0 Å². The predicted molar refractivity (Wildman–Crippen MR) is 209 cm³/mol. The molecule has 8 aromatic carbocycles. The van der Waals surface area contributed by atoms with Gasteiger partial charge in [0.2, 0.25) is 0 Å². The Hall–Kier alpha value is -6.91. The van der Waals surface area contributed by atoms with Crippen LogP contribution in [0.15, 0.2) is 180 Å². The maximum absolute atomic E-state index is 6.60. The molecule has 238 valence electrons. The number of rotatable bonds is 5. The van der Waals surface area contributed by atoms with Gasteiger partial charge in [-0.15, -0.1) is 0 Å². The van der Waals surface area contributed by atoms with E-state index in [9.17, 15) is 0 Å². The molecule has 4 heteroatoms. The third-order valence-corrected chi connectivity index (χ3v) is 9.70. The van der Waals surface area contributed by atoms with Crippen LogP contribution in [0.3, 0.4) is 0 Å². The molecule has 0 N–H and O–H groups in total. The van der Waals surface area contributed by atoms with Gasteiger partial charge in [0, 0.05) is 33.0 Å². The molecule has 0 spiro atoms. The number of hydrogen-bond acceptors (Lipinski definition) is 4. The molecule has 10 aromatic rings. The molecule has 0 bridgehead atoms. The lowest BCUT2D eigenvalue weighted by Crippen LogP contribution is -2.00. The summed E-state index contributed by atoms with van der Waals surface area (Å²) < 4.78 is 6.60. The van der Waals surface area contributed by atoms with Crippen LogP contribution in [-0.2, 0) is 0 Å². The summed E-state index contributed by atoms with van der Waals surface area (Å²) in [7, 11) is 0. The number of furan rings is 1. The molecule has 0 radical (unpaired) electrons. The number of benzene rings is 8. The molecule has 0 unspecified atom stereocenters. The van der Waals surface area contributed by atoms with Crippen LogP contribution in [0.2, 0.25) is 0 Å². The molecule has 0 atom stereocenters. The third-order valence-electron chi connectivity index (χ3n) is 9.70. The maximum Gasteiger partial charge on any atom is 0.164 e. The molecule has 0 aliphatic heterocycles. The summed E-state index contributed by atoms with van der Waals surface area (Å²) in [5.41, 5.74) is 8.85. The van der Waals surface area contributed by atoms with Crippen molar-refractivity contribution in [3.05, 3.63) is 176 Å². The van der Waals surface area contributed by atoms with E-state index in [1.165, 1.54) is 16.5 Å². The summed E-state index contributed by atoms with van der Waals surface area (Å²) >= 11 is 0. The van der Waals surface area contributed by atoms with Gasteiger partial charge in [-0.1, -0.05) is 140 Å². The molecule has 0 amide bonds. The van der Waals surface area contributed by atoms with Gasteiger partial charge < -0.3 is 4.42 Å². The molecule has 2 aromatic heterocycles. The molecular weight excluding hydrogens is 623 g/mol. The highest BCUT2D eigenvalue weighted by molar-refractivity contribution is 6.15. The second kappa shape index (κ2) is 11.9. The van der Waals surface area contributed by atoms with Crippen LogP contribution < -0.4 is 0 Å². The van der Waals surface area contributed by atoms with Crippen molar-refractivity contribution < 1.29 is 4.42 Å². The number of hydrogen-bond donors (Lipinski definition) is 0. The highest BCUT2D eigenvalue weighted by atomic mass is 16.3. The largest absolute Gasteiger partial charge is 0.455 e. The lowest BCUT2D eigenvalue weighted by Gasteiger charge is -2.12. The Bertz CT molecular complexity index is 2910. The minimum atomic E-state index is 0.595. The fraction of sp³-hybridized carbons (Fsp3) is 0. The van der Waals surface area contributed by atoms with Crippen LogP contribution in [0.1, 0.15) is 0 Å². The second-order valence-corrected chi connectivity index (χ2v) is 12.8. The molecule has 2 heterocycles. The molecule has 51 heavy (non-hydrogen) atoms. The fourth-order valence-corrected chi connectivity index (χ4v) is 7.14. The van der Waals surface area contributed by atoms with E-state index < -0.39 is 0 Å². The first-order valence-electron chi connectivity index (χ1n) is 17.1. The maximum atomic E-state index is 6.60.